The number of likely N-dealkylation sites (tertiary alicyclic amines) is 2. The summed E-state index contributed by atoms with van der Waals surface area (Å²) in [6, 6.07) is 7.61. The normalized spacial score (nSPS) is 22.4. The van der Waals surface area contributed by atoms with E-state index in [1.165, 1.54) is 13.2 Å². The summed E-state index contributed by atoms with van der Waals surface area (Å²) in [6.07, 6.45) is -1.33. The van der Waals surface area contributed by atoms with Crippen molar-refractivity contribution in [1.29, 1.82) is 0 Å². The molecule has 4 atom stereocenters. The van der Waals surface area contributed by atoms with Gasteiger partial charge in [0.2, 0.25) is 11.8 Å². The first-order valence-corrected chi connectivity index (χ1v) is 21.8. The van der Waals surface area contributed by atoms with Gasteiger partial charge in [0.05, 0.1) is 35.5 Å². The SMILES string of the molecule is COC(=O)N[C@H](C(=O)N1C[C@@H](C)C[C@H]1c1nc(-c2ccc(-c3cc(Cl)c(NC(=O)N4CCN(C5CCN(C(=O)C6CC6(Cl)Cl)CC5)CC4)cc3OC(F)(F)F)cc2)c[nH]1)C(C)C. The summed E-state index contributed by atoms with van der Waals surface area (Å²) in [5, 5.41) is 5.34. The summed E-state index contributed by atoms with van der Waals surface area (Å²) in [5.74, 6) is -0.605. The number of imidazole rings is 1. The Morgan fingerprint density at radius 3 is 2.21 bits per heavy atom. The van der Waals surface area contributed by atoms with Crippen LogP contribution >= 0.6 is 34.8 Å². The number of anilines is 1. The minimum atomic E-state index is -5.04. The van der Waals surface area contributed by atoms with Crippen molar-refractivity contribution in [2.75, 3.05) is 58.2 Å². The maximum atomic E-state index is 13.8. The van der Waals surface area contributed by atoms with Gasteiger partial charge in [-0.3, -0.25) is 14.5 Å². The molecule has 3 aliphatic heterocycles. The third kappa shape index (κ3) is 10.3. The van der Waals surface area contributed by atoms with Gasteiger partial charge in [-0.25, -0.2) is 14.6 Å². The highest BCUT2D eigenvalue weighted by Crippen LogP contribution is 2.54. The highest BCUT2D eigenvalue weighted by atomic mass is 35.5. The highest BCUT2D eigenvalue weighted by molar-refractivity contribution is 6.52. The molecule has 1 saturated carbocycles. The number of alkyl carbamates (subject to hydrolysis) is 1. The maximum absolute atomic E-state index is 13.8. The average Bonchev–Trinajstić information content (AvgIpc) is 3.51. The first kappa shape index (κ1) is 45.6. The molecule has 5 amide bonds. The molecule has 7 rings (SSSR count). The van der Waals surface area contributed by atoms with Crippen LogP contribution in [0.4, 0.5) is 28.4 Å². The van der Waals surface area contributed by atoms with Crippen LogP contribution in [0.2, 0.25) is 5.02 Å². The molecule has 14 nitrogen and oxygen atoms in total. The number of amides is 5. The predicted molar refractivity (Wildman–Crippen MR) is 228 cm³/mol. The van der Waals surface area contributed by atoms with Crippen molar-refractivity contribution in [2.45, 2.75) is 75.3 Å². The van der Waals surface area contributed by atoms with Crippen molar-refractivity contribution in [3.8, 4) is 28.1 Å². The number of rotatable bonds is 10. The average molecular weight is 926 g/mol. The number of carbonyl (C=O) groups excluding carboxylic acids is 4. The maximum Gasteiger partial charge on any atom is 0.573 e. The van der Waals surface area contributed by atoms with Gasteiger partial charge in [0.1, 0.15) is 21.9 Å². The summed E-state index contributed by atoms with van der Waals surface area (Å²) >= 11 is 18.8. The Labute approximate surface area is 372 Å². The highest BCUT2D eigenvalue weighted by Gasteiger charge is 2.57. The van der Waals surface area contributed by atoms with Gasteiger partial charge in [0, 0.05) is 75.2 Å². The molecule has 3 N–H and O–H groups in total. The van der Waals surface area contributed by atoms with Crippen LogP contribution in [-0.4, -0.2) is 129 Å². The van der Waals surface area contributed by atoms with Gasteiger partial charge < -0.3 is 39.8 Å². The molecule has 3 saturated heterocycles. The molecule has 62 heavy (non-hydrogen) atoms. The number of ether oxygens (including phenoxy) is 2. The zero-order valence-corrected chi connectivity index (χ0v) is 37.0. The molecular weight excluding hydrogens is 876 g/mol. The Hall–Kier alpha value is -4.45. The van der Waals surface area contributed by atoms with E-state index in [0.717, 1.165) is 18.9 Å². The number of hydrogen-bond acceptors (Lipinski definition) is 8. The van der Waals surface area contributed by atoms with E-state index in [2.05, 4.69) is 25.3 Å². The number of alkyl halides is 5. The molecule has 2 aromatic carbocycles. The number of benzene rings is 2. The van der Waals surface area contributed by atoms with Crippen molar-refractivity contribution in [1.82, 2.24) is 34.9 Å². The topological polar surface area (TPSA) is 152 Å². The van der Waals surface area contributed by atoms with Gasteiger partial charge in [-0.1, -0.05) is 56.6 Å². The molecule has 1 aliphatic carbocycles. The van der Waals surface area contributed by atoms with E-state index >= 15 is 0 Å². The van der Waals surface area contributed by atoms with Gasteiger partial charge in [0.25, 0.3) is 0 Å². The van der Waals surface area contributed by atoms with Crippen LogP contribution in [-0.2, 0) is 14.3 Å². The lowest BCUT2D eigenvalue weighted by Crippen LogP contribution is -2.55. The Kier molecular flexibility index (Phi) is 13.5. The molecule has 20 heteroatoms. The third-order valence-corrected chi connectivity index (χ3v) is 13.3. The number of nitrogens with one attached hydrogen (secondary N) is 3. The summed E-state index contributed by atoms with van der Waals surface area (Å²) in [4.78, 5) is 67.2. The van der Waals surface area contributed by atoms with Gasteiger partial charge in [-0.2, -0.15) is 0 Å². The molecule has 336 valence electrons. The van der Waals surface area contributed by atoms with Crippen LogP contribution in [0, 0.1) is 17.8 Å². The van der Waals surface area contributed by atoms with Gasteiger partial charge >= 0.3 is 18.5 Å². The molecule has 0 spiro atoms. The first-order valence-electron chi connectivity index (χ1n) is 20.7. The fourth-order valence-electron chi connectivity index (χ4n) is 8.62. The minimum Gasteiger partial charge on any atom is -0.453 e. The molecule has 0 bridgehead atoms. The molecule has 4 aliphatic rings. The fraction of sp³-hybridized carbons (Fsp3) is 0.548. The number of H-pyrrole nitrogens is 1. The van der Waals surface area contributed by atoms with Crippen LogP contribution < -0.4 is 15.4 Å². The number of piperazine rings is 1. The van der Waals surface area contributed by atoms with E-state index in [-0.39, 0.29) is 57.9 Å². The van der Waals surface area contributed by atoms with Crippen LogP contribution in [0.1, 0.15) is 58.3 Å². The number of urea groups is 1. The van der Waals surface area contributed by atoms with Crippen molar-refractivity contribution >= 4 is 64.4 Å². The smallest absolute Gasteiger partial charge is 0.453 e. The Balaban J connectivity index is 0.993. The van der Waals surface area contributed by atoms with Crippen LogP contribution in [0.3, 0.4) is 0 Å². The molecule has 4 heterocycles. The van der Waals surface area contributed by atoms with E-state index < -0.39 is 34.6 Å². The first-order chi connectivity index (χ1) is 29.3. The summed E-state index contributed by atoms with van der Waals surface area (Å²) in [7, 11) is 1.24. The Morgan fingerprint density at radius 2 is 1.61 bits per heavy atom. The molecule has 0 radical (unpaired) electrons. The minimum absolute atomic E-state index is 0.00398. The number of halogens is 6. The predicted octanol–water partition coefficient (Wildman–Crippen LogP) is 7.92. The van der Waals surface area contributed by atoms with Gasteiger partial charge in [0.15, 0.2) is 0 Å². The number of aromatic nitrogens is 2. The van der Waals surface area contributed by atoms with E-state index in [1.807, 2.05) is 25.7 Å². The number of methoxy groups -OCH3 is 1. The van der Waals surface area contributed by atoms with E-state index in [1.54, 1.807) is 40.3 Å². The number of piperidine rings is 1. The lowest BCUT2D eigenvalue weighted by molar-refractivity contribution is -0.274. The number of hydrogen-bond donors (Lipinski definition) is 3. The molecule has 3 aromatic rings. The molecule has 1 unspecified atom stereocenters. The van der Waals surface area contributed by atoms with Gasteiger partial charge in [-0.15, -0.1) is 36.4 Å². The van der Waals surface area contributed by atoms with E-state index in [0.29, 0.717) is 81.3 Å². The number of nitrogens with zero attached hydrogens (tertiary/aromatic N) is 5. The number of aromatic amines is 1. The second kappa shape index (κ2) is 18.3. The second-order valence-electron chi connectivity index (χ2n) is 16.9. The monoisotopic (exact) mass is 924 g/mol. The number of carbonyl (C=O) groups is 4. The zero-order chi connectivity index (χ0) is 44.7. The van der Waals surface area contributed by atoms with Crippen LogP contribution in [0.5, 0.6) is 5.75 Å². The van der Waals surface area contributed by atoms with Crippen molar-refractivity contribution < 1.29 is 41.8 Å². The Bertz CT molecular complexity index is 2140. The van der Waals surface area contributed by atoms with Crippen molar-refractivity contribution in [2.24, 2.45) is 17.8 Å². The largest absolute Gasteiger partial charge is 0.573 e. The molecule has 1 aromatic heterocycles. The zero-order valence-electron chi connectivity index (χ0n) is 34.7. The quantitative estimate of drug-likeness (QED) is 0.174. The summed E-state index contributed by atoms with van der Waals surface area (Å²) < 4.78 is 49.6. The van der Waals surface area contributed by atoms with E-state index in [4.69, 9.17) is 44.5 Å². The fourth-order valence-corrected chi connectivity index (χ4v) is 9.33. The standard InChI is InChI=1S/C42H50Cl3F3N8O6/c1-23(2)35(52-40(60)61-4)38(58)56-22-24(3)17-33(56)36-49-21-32(50-36)26-7-5-25(6-8-26)28-18-30(43)31(19-34(28)62-42(46,47)48)51-39(59)55-15-13-53(14-16-55)27-9-11-54(12-10-27)37(57)29-20-41(29,44)45/h5-8,18-19,21,23-24,27,29,33,35H,9-17,20,22H2,1-4H3,(H,49,50)(H,51,59)(H,52,60)/t24-,29?,33-,35-/m0/s1. The van der Waals surface area contributed by atoms with E-state index in [9.17, 15) is 32.3 Å². The summed E-state index contributed by atoms with van der Waals surface area (Å²) in [5.41, 5.74) is 1.59. The van der Waals surface area contributed by atoms with Crippen LogP contribution in [0.15, 0.2) is 42.6 Å². The third-order valence-electron chi connectivity index (χ3n) is 12.1. The van der Waals surface area contributed by atoms with Crippen molar-refractivity contribution in [3.63, 3.8) is 0 Å². The summed E-state index contributed by atoms with van der Waals surface area (Å²) in [6.45, 7) is 9.39. The van der Waals surface area contributed by atoms with Crippen molar-refractivity contribution in [3.05, 3.63) is 53.4 Å². The molecule has 4 fully saturated rings. The van der Waals surface area contributed by atoms with Crippen LogP contribution in [0.25, 0.3) is 22.4 Å². The lowest BCUT2D eigenvalue weighted by atomic mass is 10.0. The molecular formula is C42H50Cl3F3N8O6. The van der Waals surface area contributed by atoms with Gasteiger partial charge in [-0.05, 0) is 49.1 Å². The Morgan fingerprint density at radius 1 is 0.968 bits per heavy atom. The second-order valence-corrected chi connectivity index (χ2v) is 18.8. The lowest BCUT2D eigenvalue weighted by Gasteiger charge is -2.42.